The number of amides is 2. The fraction of sp³-hybridized carbons (Fsp3) is 0.188. The number of benzene rings is 1. The molecule has 0 aliphatic carbocycles. The molecule has 2 aromatic heterocycles. The van der Waals surface area contributed by atoms with Gasteiger partial charge >= 0.3 is 6.03 Å². The van der Waals surface area contributed by atoms with Crippen LogP contribution < -0.4 is 5.32 Å². The van der Waals surface area contributed by atoms with Gasteiger partial charge in [0, 0.05) is 18.1 Å². The number of aromatic nitrogens is 3. The number of hydrogen-bond acceptors (Lipinski definition) is 4. The summed E-state index contributed by atoms with van der Waals surface area (Å²) in [5.41, 5.74) is 1.03. The van der Waals surface area contributed by atoms with E-state index >= 15 is 0 Å². The van der Waals surface area contributed by atoms with Crippen molar-refractivity contribution in [2.75, 3.05) is 12.4 Å². The van der Waals surface area contributed by atoms with E-state index in [0.717, 1.165) is 0 Å². The number of urea groups is 1. The van der Waals surface area contributed by atoms with Crippen LogP contribution in [0.2, 0.25) is 0 Å². The van der Waals surface area contributed by atoms with Crippen LogP contribution in [-0.2, 0) is 6.54 Å². The number of fused-ring (bicyclic) bond motifs is 1. The summed E-state index contributed by atoms with van der Waals surface area (Å²) in [5, 5.41) is 10.8. The highest BCUT2D eigenvalue weighted by Crippen LogP contribution is 2.31. The largest absolute Gasteiger partial charge is 0.322 e. The molecule has 0 unspecified atom stereocenters. The summed E-state index contributed by atoms with van der Waals surface area (Å²) in [4.78, 5) is 14.1. The van der Waals surface area contributed by atoms with E-state index in [0.29, 0.717) is 33.8 Å². The van der Waals surface area contributed by atoms with Gasteiger partial charge in [-0.3, -0.25) is 4.40 Å². The Morgan fingerprint density at radius 3 is 2.80 bits per heavy atom. The number of thioether (sulfide) groups is 1. The van der Waals surface area contributed by atoms with Crippen LogP contribution in [0, 0.1) is 0 Å². The van der Waals surface area contributed by atoms with E-state index in [-0.39, 0.29) is 6.54 Å². The van der Waals surface area contributed by atoms with Gasteiger partial charge in [-0.05, 0) is 24.3 Å². The molecular formula is C16H15F2N5OS. The van der Waals surface area contributed by atoms with Crippen LogP contribution in [0.4, 0.5) is 19.3 Å². The predicted octanol–water partition coefficient (Wildman–Crippen LogP) is 3.71. The van der Waals surface area contributed by atoms with Gasteiger partial charge in [0.25, 0.3) is 5.76 Å². The zero-order chi connectivity index (χ0) is 17.8. The molecule has 9 heteroatoms. The van der Waals surface area contributed by atoms with Crippen molar-refractivity contribution in [3.63, 3.8) is 0 Å². The van der Waals surface area contributed by atoms with E-state index in [2.05, 4.69) is 15.5 Å². The van der Waals surface area contributed by atoms with Crippen LogP contribution in [0.1, 0.15) is 5.82 Å². The van der Waals surface area contributed by atoms with Gasteiger partial charge < -0.3 is 10.2 Å². The maximum absolute atomic E-state index is 12.6. The van der Waals surface area contributed by atoms with Gasteiger partial charge in [0.2, 0.25) is 0 Å². The minimum Gasteiger partial charge on any atom is -0.320 e. The molecule has 0 fully saturated rings. The molecule has 2 amide bonds. The Morgan fingerprint density at radius 2 is 2.00 bits per heavy atom. The first-order valence-electron chi connectivity index (χ1n) is 7.39. The van der Waals surface area contributed by atoms with Gasteiger partial charge in [0.05, 0.1) is 12.2 Å². The summed E-state index contributed by atoms with van der Waals surface area (Å²) >= 11 is 0.393. The highest BCUT2D eigenvalue weighted by atomic mass is 32.2. The number of hydrogen-bond donors (Lipinski definition) is 1. The summed E-state index contributed by atoms with van der Waals surface area (Å²) in [6.07, 6.45) is 1.81. The molecule has 1 N–H and O–H groups in total. The Hall–Kier alpha value is -2.68. The lowest BCUT2D eigenvalue weighted by molar-refractivity contribution is 0.219. The lowest BCUT2D eigenvalue weighted by Crippen LogP contribution is -2.31. The molecule has 1 aromatic carbocycles. The molecule has 2 heterocycles. The fourth-order valence-corrected chi connectivity index (χ4v) is 2.86. The molecule has 0 saturated heterocycles. The van der Waals surface area contributed by atoms with Crippen LogP contribution >= 0.6 is 11.8 Å². The summed E-state index contributed by atoms with van der Waals surface area (Å²) in [7, 11) is 1.60. The number of halogens is 2. The van der Waals surface area contributed by atoms with Crippen molar-refractivity contribution in [3.05, 3.63) is 54.5 Å². The average molecular weight is 363 g/mol. The van der Waals surface area contributed by atoms with Crippen LogP contribution in [0.5, 0.6) is 0 Å². The number of carbonyl (C=O) groups is 1. The SMILES string of the molecule is CN(Cc1nnc2ccccn12)C(=O)Nc1ccccc1SC(F)F. The lowest BCUT2D eigenvalue weighted by Gasteiger charge is -2.18. The molecule has 25 heavy (non-hydrogen) atoms. The Kier molecular flexibility index (Phi) is 5.13. The number of pyridine rings is 1. The molecule has 0 saturated carbocycles. The van der Waals surface area contributed by atoms with Crippen molar-refractivity contribution in [2.24, 2.45) is 0 Å². The van der Waals surface area contributed by atoms with Crippen LogP contribution in [0.3, 0.4) is 0 Å². The molecule has 6 nitrogen and oxygen atoms in total. The normalized spacial score (nSPS) is 11.0. The van der Waals surface area contributed by atoms with E-state index in [4.69, 9.17) is 0 Å². The van der Waals surface area contributed by atoms with Crippen molar-refractivity contribution < 1.29 is 13.6 Å². The first-order chi connectivity index (χ1) is 12.0. The van der Waals surface area contributed by atoms with Crippen LogP contribution in [0.15, 0.2) is 53.6 Å². The summed E-state index contributed by atoms with van der Waals surface area (Å²) in [5.74, 6) is -1.96. The number of rotatable bonds is 5. The number of alkyl halides is 2. The molecule has 0 aliphatic rings. The quantitative estimate of drug-likeness (QED) is 0.702. The van der Waals surface area contributed by atoms with Crippen molar-refractivity contribution >= 4 is 29.1 Å². The molecular weight excluding hydrogens is 348 g/mol. The highest BCUT2D eigenvalue weighted by molar-refractivity contribution is 7.99. The second kappa shape index (κ2) is 7.47. The van der Waals surface area contributed by atoms with Gasteiger partial charge in [-0.25, -0.2) is 4.79 Å². The first-order valence-corrected chi connectivity index (χ1v) is 8.27. The molecule has 0 radical (unpaired) electrons. The lowest BCUT2D eigenvalue weighted by atomic mass is 10.3. The molecule has 130 valence electrons. The summed E-state index contributed by atoms with van der Waals surface area (Å²) < 4.78 is 27.0. The van der Waals surface area contributed by atoms with Gasteiger partial charge in [-0.1, -0.05) is 30.0 Å². The number of nitrogens with one attached hydrogen (secondary N) is 1. The number of para-hydroxylation sites is 1. The molecule has 0 spiro atoms. The molecule has 0 atom stereocenters. The minimum atomic E-state index is -2.56. The van der Waals surface area contributed by atoms with E-state index in [1.54, 1.807) is 35.7 Å². The zero-order valence-corrected chi connectivity index (χ0v) is 14.1. The topological polar surface area (TPSA) is 62.5 Å². The third-order valence-electron chi connectivity index (χ3n) is 3.45. The number of anilines is 1. The van der Waals surface area contributed by atoms with Gasteiger partial charge in [-0.2, -0.15) is 8.78 Å². The Labute approximate surface area is 146 Å². The monoisotopic (exact) mass is 363 g/mol. The Bertz CT molecular complexity index is 886. The fourth-order valence-electron chi connectivity index (χ4n) is 2.26. The second-order valence-corrected chi connectivity index (χ2v) is 6.24. The van der Waals surface area contributed by atoms with E-state index in [9.17, 15) is 13.6 Å². The molecule has 3 rings (SSSR count). The smallest absolute Gasteiger partial charge is 0.320 e. The van der Waals surface area contributed by atoms with Gasteiger partial charge in [0.15, 0.2) is 11.5 Å². The molecule has 3 aromatic rings. The third-order valence-corrected chi connectivity index (χ3v) is 4.24. The van der Waals surface area contributed by atoms with Crippen LogP contribution in [0.25, 0.3) is 5.65 Å². The Balaban J connectivity index is 1.71. The van der Waals surface area contributed by atoms with E-state index in [1.807, 2.05) is 24.4 Å². The van der Waals surface area contributed by atoms with Crippen molar-refractivity contribution in [1.29, 1.82) is 0 Å². The highest BCUT2D eigenvalue weighted by Gasteiger charge is 2.16. The predicted molar refractivity (Wildman–Crippen MR) is 91.8 cm³/mol. The maximum Gasteiger partial charge on any atom is 0.322 e. The third kappa shape index (κ3) is 4.05. The van der Waals surface area contributed by atoms with Crippen molar-refractivity contribution in [3.8, 4) is 0 Å². The minimum absolute atomic E-state index is 0.223. The van der Waals surface area contributed by atoms with Gasteiger partial charge in [0.1, 0.15) is 0 Å². The van der Waals surface area contributed by atoms with Crippen molar-refractivity contribution in [1.82, 2.24) is 19.5 Å². The van der Waals surface area contributed by atoms with Crippen LogP contribution in [-0.4, -0.2) is 38.3 Å². The maximum atomic E-state index is 12.6. The zero-order valence-electron chi connectivity index (χ0n) is 13.3. The van der Waals surface area contributed by atoms with E-state index in [1.165, 1.54) is 4.90 Å². The molecule has 0 bridgehead atoms. The first kappa shape index (κ1) is 17.2. The second-order valence-electron chi connectivity index (χ2n) is 5.21. The van der Waals surface area contributed by atoms with E-state index < -0.39 is 11.8 Å². The molecule has 0 aliphatic heterocycles. The van der Waals surface area contributed by atoms with Gasteiger partial charge in [-0.15, -0.1) is 10.2 Å². The number of nitrogens with zero attached hydrogens (tertiary/aromatic N) is 4. The standard InChI is InChI=1S/C16H15F2N5OS/c1-22(10-14-21-20-13-8-4-5-9-23(13)14)16(24)19-11-6-2-3-7-12(11)25-15(17)18/h2-9,15H,10H2,1H3,(H,19,24). The average Bonchev–Trinajstić information content (AvgIpc) is 2.99. The summed E-state index contributed by atoms with van der Waals surface area (Å²) in [6, 6.07) is 11.5. The van der Waals surface area contributed by atoms with Crippen molar-refractivity contribution in [2.45, 2.75) is 17.2 Å². The Morgan fingerprint density at radius 1 is 1.24 bits per heavy atom. The number of carbonyl (C=O) groups excluding carboxylic acids is 1. The summed E-state index contributed by atoms with van der Waals surface area (Å²) in [6.45, 7) is 0.223.